The molecule has 0 saturated carbocycles. The molecule has 0 aromatic carbocycles. The fraction of sp³-hybridized carbons (Fsp3) is 0.667. The smallest absolute Gasteiger partial charge is 0.325 e. The first-order valence-corrected chi connectivity index (χ1v) is 9.69. The predicted octanol–water partition coefficient (Wildman–Crippen LogP) is -2.34. The average molecular weight is 445 g/mol. The van der Waals surface area contributed by atoms with Crippen molar-refractivity contribution in [3.05, 3.63) is 0 Å². The molecule has 13 nitrogen and oxygen atoms in total. The zero-order chi connectivity index (χ0) is 24.3. The Balaban J connectivity index is 5.47. The molecule has 5 atom stereocenters. The molecule has 0 heterocycles. The number of carboxylic acid groups (broad SMARTS) is 2. The molecule has 0 aromatic heterocycles. The Morgan fingerprint density at radius 2 is 1.39 bits per heavy atom. The van der Waals surface area contributed by atoms with Gasteiger partial charge in [-0.05, 0) is 19.3 Å². The molecular weight excluding hydrogens is 414 g/mol. The molecule has 0 spiro atoms. The summed E-state index contributed by atoms with van der Waals surface area (Å²) in [5, 5.41) is 24.5. The number of rotatable bonds is 14. The Kier molecular flexibility index (Phi) is 11.8. The molecule has 0 aliphatic heterocycles. The monoisotopic (exact) mass is 445 g/mol. The largest absolute Gasteiger partial charge is 0.481 e. The van der Waals surface area contributed by atoms with Crippen LogP contribution in [-0.4, -0.2) is 69.9 Å². The van der Waals surface area contributed by atoms with Gasteiger partial charge in [-0.2, -0.15) is 0 Å². The third-order valence-corrected chi connectivity index (χ3v) is 4.61. The maximum Gasteiger partial charge on any atom is 0.325 e. The van der Waals surface area contributed by atoms with E-state index in [1.807, 2.05) is 6.92 Å². The Morgan fingerprint density at radius 3 is 1.84 bits per heavy atom. The summed E-state index contributed by atoms with van der Waals surface area (Å²) in [4.78, 5) is 70.4. The van der Waals surface area contributed by atoms with E-state index < -0.39 is 72.6 Å². The van der Waals surface area contributed by atoms with Crippen molar-refractivity contribution in [1.82, 2.24) is 16.0 Å². The van der Waals surface area contributed by atoms with E-state index >= 15 is 0 Å². The van der Waals surface area contributed by atoms with Gasteiger partial charge >= 0.3 is 11.9 Å². The molecule has 31 heavy (non-hydrogen) atoms. The number of carbonyl (C=O) groups is 6. The van der Waals surface area contributed by atoms with Gasteiger partial charge in [-0.15, -0.1) is 0 Å². The lowest BCUT2D eigenvalue weighted by molar-refractivity contribution is -0.142. The Labute approximate surface area is 179 Å². The van der Waals surface area contributed by atoms with Crippen molar-refractivity contribution in [3.63, 3.8) is 0 Å². The number of carbonyl (C=O) groups excluding carboxylic acids is 4. The summed E-state index contributed by atoms with van der Waals surface area (Å²) in [6.45, 7) is 4.72. The van der Waals surface area contributed by atoms with Crippen molar-refractivity contribution in [2.24, 2.45) is 17.4 Å². The van der Waals surface area contributed by atoms with Crippen molar-refractivity contribution in [2.45, 2.75) is 70.6 Å². The minimum absolute atomic E-state index is 0.214. The zero-order valence-corrected chi connectivity index (χ0v) is 17.7. The van der Waals surface area contributed by atoms with Crippen LogP contribution in [0.5, 0.6) is 0 Å². The minimum Gasteiger partial charge on any atom is -0.481 e. The quantitative estimate of drug-likeness (QED) is 0.151. The molecule has 0 aromatic rings. The summed E-state index contributed by atoms with van der Waals surface area (Å²) >= 11 is 0. The van der Waals surface area contributed by atoms with E-state index in [1.165, 1.54) is 6.92 Å². The van der Waals surface area contributed by atoms with Gasteiger partial charge in [-0.25, -0.2) is 0 Å². The molecule has 0 radical (unpaired) electrons. The van der Waals surface area contributed by atoms with Gasteiger partial charge in [0.1, 0.15) is 18.1 Å². The first-order valence-electron chi connectivity index (χ1n) is 9.69. The van der Waals surface area contributed by atoms with Gasteiger partial charge in [-0.3, -0.25) is 28.8 Å². The van der Waals surface area contributed by atoms with Crippen LogP contribution in [0.15, 0.2) is 0 Å². The molecule has 0 fully saturated rings. The summed E-state index contributed by atoms with van der Waals surface area (Å²) in [5.41, 5.74) is 10.9. The van der Waals surface area contributed by atoms with Crippen molar-refractivity contribution in [3.8, 4) is 0 Å². The Hall–Kier alpha value is -3.22. The highest BCUT2D eigenvalue weighted by Gasteiger charge is 2.31. The zero-order valence-electron chi connectivity index (χ0n) is 17.7. The van der Waals surface area contributed by atoms with Gasteiger partial charge < -0.3 is 37.6 Å². The van der Waals surface area contributed by atoms with Crippen LogP contribution >= 0.6 is 0 Å². The summed E-state index contributed by atoms with van der Waals surface area (Å²) in [6, 6.07) is -5.15. The lowest BCUT2D eigenvalue weighted by Gasteiger charge is -2.25. The van der Waals surface area contributed by atoms with Crippen molar-refractivity contribution < 1.29 is 39.0 Å². The second-order valence-electron chi connectivity index (χ2n) is 7.21. The second-order valence-corrected chi connectivity index (χ2v) is 7.21. The Bertz CT molecular complexity index is 698. The van der Waals surface area contributed by atoms with Crippen LogP contribution in [0.4, 0.5) is 0 Å². The highest BCUT2D eigenvalue weighted by atomic mass is 16.4. The standard InChI is InChI=1S/C18H31N5O8/c1-4-8(2)14(20)17(29)22-10(5-6-13(25)26)15(27)23-11(7-12(19)24)16(28)21-9(3)18(30)31/h8-11,14H,4-7,20H2,1-3H3,(H2,19,24)(H,21,28)(H,22,29)(H,23,27)(H,25,26)(H,30,31). The third-order valence-electron chi connectivity index (χ3n) is 4.61. The lowest BCUT2D eigenvalue weighted by atomic mass is 9.98. The summed E-state index contributed by atoms with van der Waals surface area (Å²) in [7, 11) is 0. The van der Waals surface area contributed by atoms with E-state index in [4.69, 9.17) is 21.7 Å². The van der Waals surface area contributed by atoms with E-state index in [0.717, 1.165) is 0 Å². The highest BCUT2D eigenvalue weighted by molar-refractivity contribution is 5.96. The SMILES string of the molecule is CCC(C)C(N)C(=O)NC(CCC(=O)O)C(=O)NC(CC(N)=O)C(=O)NC(C)C(=O)O. The molecule has 0 aliphatic carbocycles. The van der Waals surface area contributed by atoms with Crippen LogP contribution in [0.3, 0.4) is 0 Å². The number of hydrogen-bond donors (Lipinski definition) is 7. The first kappa shape index (κ1) is 27.8. The maximum absolute atomic E-state index is 12.7. The van der Waals surface area contributed by atoms with Crippen molar-refractivity contribution in [2.75, 3.05) is 0 Å². The average Bonchev–Trinajstić information content (AvgIpc) is 2.68. The van der Waals surface area contributed by atoms with E-state index in [-0.39, 0.29) is 12.3 Å². The van der Waals surface area contributed by atoms with E-state index in [9.17, 15) is 28.8 Å². The fourth-order valence-corrected chi connectivity index (χ4v) is 2.38. The number of nitrogens with two attached hydrogens (primary N) is 2. The molecule has 0 rings (SSSR count). The number of aliphatic carboxylic acids is 2. The molecule has 0 bridgehead atoms. The molecule has 0 aliphatic rings. The van der Waals surface area contributed by atoms with Gasteiger partial charge in [0.2, 0.25) is 23.6 Å². The molecular formula is C18H31N5O8. The molecule has 0 saturated heterocycles. The maximum atomic E-state index is 12.7. The first-order chi connectivity index (χ1) is 14.3. The van der Waals surface area contributed by atoms with Crippen LogP contribution < -0.4 is 27.4 Å². The van der Waals surface area contributed by atoms with Gasteiger partial charge in [-0.1, -0.05) is 20.3 Å². The van der Waals surface area contributed by atoms with E-state index in [0.29, 0.717) is 6.42 Å². The van der Waals surface area contributed by atoms with Gasteiger partial charge in [0.15, 0.2) is 0 Å². The van der Waals surface area contributed by atoms with Gasteiger partial charge in [0, 0.05) is 6.42 Å². The van der Waals surface area contributed by atoms with Crippen LogP contribution in [0, 0.1) is 5.92 Å². The molecule has 4 amide bonds. The molecule has 13 heteroatoms. The van der Waals surface area contributed by atoms with Crippen LogP contribution in [0.1, 0.15) is 46.5 Å². The second kappa shape index (κ2) is 13.2. The topological polar surface area (TPSA) is 231 Å². The molecule has 9 N–H and O–H groups in total. The van der Waals surface area contributed by atoms with E-state index in [1.54, 1.807) is 6.92 Å². The predicted molar refractivity (Wildman–Crippen MR) is 107 cm³/mol. The number of hydrogen-bond acceptors (Lipinski definition) is 7. The van der Waals surface area contributed by atoms with Crippen LogP contribution in [-0.2, 0) is 28.8 Å². The van der Waals surface area contributed by atoms with Crippen molar-refractivity contribution >= 4 is 35.6 Å². The van der Waals surface area contributed by atoms with Gasteiger partial charge in [0.25, 0.3) is 0 Å². The number of primary amides is 1. The van der Waals surface area contributed by atoms with Gasteiger partial charge in [0.05, 0.1) is 12.5 Å². The number of nitrogens with one attached hydrogen (secondary N) is 3. The molecule has 5 unspecified atom stereocenters. The summed E-state index contributed by atoms with van der Waals surface area (Å²) < 4.78 is 0. The molecule has 176 valence electrons. The Morgan fingerprint density at radius 1 is 0.871 bits per heavy atom. The fourth-order valence-electron chi connectivity index (χ4n) is 2.38. The highest BCUT2D eigenvalue weighted by Crippen LogP contribution is 2.07. The van der Waals surface area contributed by atoms with Crippen LogP contribution in [0.25, 0.3) is 0 Å². The minimum atomic E-state index is -1.53. The third kappa shape index (κ3) is 10.4. The van der Waals surface area contributed by atoms with Crippen LogP contribution in [0.2, 0.25) is 0 Å². The van der Waals surface area contributed by atoms with E-state index in [2.05, 4.69) is 16.0 Å². The van der Waals surface area contributed by atoms with Crippen molar-refractivity contribution in [1.29, 1.82) is 0 Å². The number of amides is 4. The summed E-state index contributed by atoms with van der Waals surface area (Å²) in [5.74, 6) is -6.35. The lowest BCUT2D eigenvalue weighted by Crippen LogP contribution is -2.58. The summed E-state index contributed by atoms with van der Waals surface area (Å²) in [6.07, 6.45) is -0.838. The normalized spacial score (nSPS) is 15.5. The number of carboxylic acids is 2.